The molecule has 1 aliphatic rings. The third kappa shape index (κ3) is 3.70. The molecule has 6 nitrogen and oxygen atoms in total. The first-order valence-electron chi connectivity index (χ1n) is 6.81. The summed E-state index contributed by atoms with van der Waals surface area (Å²) in [7, 11) is 1.99. The molecule has 1 aromatic rings. The first kappa shape index (κ1) is 13.9. The Morgan fingerprint density at radius 1 is 1.53 bits per heavy atom. The van der Waals surface area contributed by atoms with Crippen LogP contribution in [0.4, 0.5) is 4.79 Å². The first-order chi connectivity index (χ1) is 9.20. The van der Waals surface area contributed by atoms with Crippen molar-refractivity contribution in [2.45, 2.75) is 32.4 Å². The minimum Gasteiger partial charge on any atom is -0.450 e. The van der Waals surface area contributed by atoms with Crippen molar-refractivity contribution >= 4 is 6.09 Å². The van der Waals surface area contributed by atoms with E-state index in [1.165, 1.54) is 5.69 Å². The third-order valence-electron chi connectivity index (χ3n) is 3.51. The van der Waals surface area contributed by atoms with Gasteiger partial charge in [-0.05, 0) is 19.8 Å². The second-order valence-corrected chi connectivity index (χ2v) is 4.84. The summed E-state index contributed by atoms with van der Waals surface area (Å²) in [6.07, 6.45) is 5.43. The SMILES string of the molecule is CCOC(=O)N1CCC(NCc2cncn2C)CC1. The summed E-state index contributed by atoms with van der Waals surface area (Å²) in [5.74, 6) is 0. The van der Waals surface area contributed by atoms with Gasteiger partial charge in [0.05, 0.1) is 18.6 Å². The molecule has 0 aliphatic carbocycles. The minimum absolute atomic E-state index is 0.187. The van der Waals surface area contributed by atoms with Crippen LogP contribution < -0.4 is 5.32 Å². The Kier molecular flexibility index (Phi) is 4.79. The van der Waals surface area contributed by atoms with Crippen LogP contribution in [0.1, 0.15) is 25.5 Å². The van der Waals surface area contributed by atoms with E-state index in [0.29, 0.717) is 12.6 Å². The molecule has 0 radical (unpaired) electrons. The van der Waals surface area contributed by atoms with E-state index in [2.05, 4.69) is 10.3 Å². The molecule has 1 aromatic heterocycles. The maximum absolute atomic E-state index is 11.6. The Bertz CT molecular complexity index is 411. The highest BCUT2D eigenvalue weighted by Crippen LogP contribution is 2.12. The van der Waals surface area contributed by atoms with Gasteiger partial charge in [-0.15, -0.1) is 0 Å². The number of nitrogens with one attached hydrogen (secondary N) is 1. The number of carbonyl (C=O) groups excluding carboxylic acids is 1. The van der Waals surface area contributed by atoms with Gasteiger partial charge in [0.2, 0.25) is 0 Å². The fourth-order valence-corrected chi connectivity index (χ4v) is 2.28. The van der Waals surface area contributed by atoms with Gasteiger partial charge in [0, 0.05) is 38.9 Å². The van der Waals surface area contributed by atoms with Gasteiger partial charge in [0.25, 0.3) is 0 Å². The lowest BCUT2D eigenvalue weighted by atomic mass is 10.1. The van der Waals surface area contributed by atoms with Crippen molar-refractivity contribution in [1.29, 1.82) is 0 Å². The lowest BCUT2D eigenvalue weighted by Gasteiger charge is -2.31. The van der Waals surface area contributed by atoms with E-state index in [4.69, 9.17) is 4.74 Å². The Morgan fingerprint density at radius 2 is 2.26 bits per heavy atom. The van der Waals surface area contributed by atoms with Crippen molar-refractivity contribution in [3.8, 4) is 0 Å². The molecule has 0 unspecified atom stereocenters. The molecule has 1 aliphatic heterocycles. The molecule has 0 atom stereocenters. The highest BCUT2D eigenvalue weighted by atomic mass is 16.6. The maximum Gasteiger partial charge on any atom is 0.409 e. The normalized spacial score (nSPS) is 16.6. The quantitative estimate of drug-likeness (QED) is 0.887. The van der Waals surface area contributed by atoms with Gasteiger partial charge in [-0.2, -0.15) is 0 Å². The van der Waals surface area contributed by atoms with Crippen LogP contribution in [0.2, 0.25) is 0 Å². The summed E-state index contributed by atoms with van der Waals surface area (Å²) in [5, 5.41) is 3.52. The van der Waals surface area contributed by atoms with Crippen molar-refractivity contribution in [3.63, 3.8) is 0 Å². The second kappa shape index (κ2) is 6.56. The number of nitrogens with zero attached hydrogens (tertiary/aromatic N) is 3. The molecular formula is C13H22N4O2. The molecule has 106 valence electrons. The number of imidazole rings is 1. The standard InChI is InChI=1S/C13H22N4O2/c1-3-19-13(18)17-6-4-11(5-7-17)15-9-12-8-14-10-16(12)2/h8,10-11,15H,3-7,9H2,1-2H3. The van der Waals surface area contributed by atoms with Crippen molar-refractivity contribution < 1.29 is 9.53 Å². The molecule has 0 bridgehead atoms. The number of aromatic nitrogens is 2. The molecular weight excluding hydrogens is 244 g/mol. The fraction of sp³-hybridized carbons (Fsp3) is 0.692. The number of likely N-dealkylation sites (tertiary alicyclic amines) is 1. The molecule has 0 aromatic carbocycles. The molecule has 0 spiro atoms. The van der Waals surface area contributed by atoms with Gasteiger partial charge in [0.15, 0.2) is 0 Å². The largest absolute Gasteiger partial charge is 0.450 e. The molecule has 1 fully saturated rings. The molecule has 1 N–H and O–H groups in total. The topological polar surface area (TPSA) is 59.4 Å². The maximum atomic E-state index is 11.6. The Hall–Kier alpha value is -1.56. The molecule has 6 heteroatoms. The fourth-order valence-electron chi connectivity index (χ4n) is 2.28. The van der Waals surface area contributed by atoms with Gasteiger partial charge < -0.3 is 19.5 Å². The van der Waals surface area contributed by atoms with E-state index < -0.39 is 0 Å². The third-order valence-corrected chi connectivity index (χ3v) is 3.51. The van der Waals surface area contributed by atoms with Crippen LogP contribution in [0, 0.1) is 0 Å². The van der Waals surface area contributed by atoms with E-state index in [0.717, 1.165) is 32.5 Å². The monoisotopic (exact) mass is 266 g/mol. The van der Waals surface area contributed by atoms with Gasteiger partial charge in [-0.1, -0.05) is 0 Å². The van der Waals surface area contributed by atoms with Gasteiger partial charge in [-0.3, -0.25) is 0 Å². The zero-order chi connectivity index (χ0) is 13.7. The van der Waals surface area contributed by atoms with Gasteiger partial charge in [0.1, 0.15) is 0 Å². The number of hydrogen-bond acceptors (Lipinski definition) is 4. The Morgan fingerprint density at radius 3 is 2.84 bits per heavy atom. The summed E-state index contributed by atoms with van der Waals surface area (Å²) < 4.78 is 7.02. The van der Waals surface area contributed by atoms with Crippen LogP contribution in [-0.2, 0) is 18.3 Å². The van der Waals surface area contributed by atoms with Crippen LogP contribution in [-0.4, -0.2) is 46.3 Å². The van der Waals surface area contributed by atoms with Crippen molar-refractivity contribution in [1.82, 2.24) is 19.8 Å². The number of amides is 1. The number of carbonyl (C=O) groups is 1. The summed E-state index contributed by atoms with van der Waals surface area (Å²) in [4.78, 5) is 17.4. The van der Waals surface area contributed by atoms with E-state index in [-0.39, 0.29) is 6.09 Å². The lowest BCUT2D eigenvalue weighted by molar-refractivity contribution is 0.0949. The number of rotatable bonds is 4. The van der Waals surface area contributed by atoms with Crippen molar-refractivity contribution in [2.24, 2.45) is 7.05 Å². The summed E-state index contributed by atoms with van der Waals surface area (Å²) in [6.45, 7) is 4.63. The zero-order valence-corrected chi connectivity index (χ0v) is 11.6. The average Bonchev–Trinajstić information content (AvgIpc) is 2.83. The number of aryl methyl sites for hydroxylation is 1. The summed E-state index contributed by atoms with van der Waals surface area (Å²) >= 11 is 0. The second-order valence-electron chi connectivity index (χ2n) is 4.84. The van der Waals surface area contributed by atoms with Crippen LogP contribution in [0.15, 0.2) is 12.5 Å². The van der Waals surface area contributed by atoms with Crippen molar-refractivity contribution in [2.75, 3.05) is 19.7 Å². The van der Waals surface area contributed by atoms with Crippen LogP contribution in [0.5, 0.6) is 0 Å². The van der Waals surface area contributed by atoms with E-state index >= 15 is 0 Å². The molecule has 2 heterocycles. The molecule has 2 rings (SSSR count). The van der Waals surface area contributed by atoms with Crippen molar-refractivity contribution in [3.05, 3.63) is 18.2 Å². The Balaban J connectivity index is 1.72. The summed E-state index contributed by atoms with van der Waals surface area (Å²) in [5.41, 5.74) is 1.17. The number of ether oxygens (including phenoxy) is 1. The molecule has 0 saturated carbocycles. The van der Waals surface area contributed by atoms with E-state index in [1.54, 1.807) is 11.2 Å². The lowest BCUT2D eigenvalue weighted by Crippen LogP contribution is -2.45. The molecule has 19 heavy (non-hydrogen) atoms. The van der Waals surface area contributed by atoms with Crippen LogP contribution >= 0.6 is 0 Å². The number of hydrogen-bond donors (Lipinski definition) is 1. The number of piperidine rings is 1. The van der Waals surface area contributed by atoms with E-state index in [1.807, 2.05) is 24.7 Å². The predicted octanol–water partition coefficient (Wildman–Crippen LogP) is 1.13. The van der Waals surface area contributed by atoms with E-state index in [9.17, 15) is 4.79 Å². The first-order valence-corrected chi connectivity index (χ1v) is 6.81. The Labute approximate surface area is 113 Å². The highest BCUT2D eigenvalue weighted by molar-refractivity contribution is 5.67. The van der Waals surface area contributed by atoms with Gasteiger partial charge in [-0.25, -0.2) is 9.78 Å². The predicted molar refractivity (Wildman–Crippen MR) is 71.7 cm³/mol. The average molecular weight is 266 g/mol. The smallest absolute Gasteiger partial charge is 0.409 e. The van der Waals surface area contributed by atoms with Crippen LogP contribution in [0.3, 0.4) is 0 Å². The molecule has 1 saturated heterocycles. The highest BCUT2D eigenvalue weighted by Gasteiger charge is 2.23. The molecule has 1 amide bonds. The summed E-state index contributed by atoms with van der Waals surface area (Å²) in [6, 6.07) is 0.459. The van der Waals surface area contributed by atoms with Gasteiger partial charge >= 0.3 is 6.09 Å². The van der Waals surface area contributed by atoms with Crippen LogP contribution in [0.25, 0.3) is 0 Å². The minimum atomic E-state index is -0.187. The zero-order valence-electron chi connectivity index (χ0n) is 11.6.